The number of ether oxygens (including phenoxy) is 4. The van der Waals surface area contributed by atoms with Crippen LogP contribution in [0.2, 0.25) is 5.04 Å². The van der Waals surface area contributed by atoms with Gasteiger partial charge in [0.25, 0.3) is 14.1 Å². The van der Waals surface area contributed by atoms with Crippen LogP contribution in [0.1, 0.15) is 34.6 Å². The Bertz CT molecular complexity index is 1040. The molecule has 3 aliphatic heterocycles. The average Bonchev–Trinajstić information content (AvgIpc) is 3.36. The Morgan fingerprint density at radius 1 is 0.882 bits per heavy atom. The topological polar surface area (TPSA) is 66.4 Å². The van der Waals surface area contributed by atoms with E-state index >= 15 is 0 Å². The fourth-order valence-electron chi connectivity index (χ4n) is 5.52. The van der Waals surface area contributed by atoms with Crippen LogP contribution in [0, 0.1) is 12.3 Å². The molecule has 0 bridgehead atoms. The number of rotatable bonds is 4. The molecule has 0 amide bonds. The molecule has 2 aromatic carbocycles. The van der Waals surface area contributed by atoms with E-state index in [0.29, 0.717) is 0 Å². The van der Waals surface area contributed by atoms with Crippen molar-refractivity contribution in [2.45, 2.75) is 81.9 Å². The molecule has 6 nitrogen and oxygen atoms in total. The van der Waals surface area contributed by atoms with Crippen LogP contribution in [0.3, 0.4) is 0 Å². The summed E-state index contributed by atoms with van der Waals surface area (Å²) in [6, 6.07) is 20.4. The second kappa shape index (κ2) is 8.00. The van der Waals surface area contributed by atoms with E-state index in [1.54, 1.807) is 0 Å². The highest BCUT2D eigenvalue weighted by Gasteiger charge is 2.69. The van der Waals surface area contributed by atoms with Crippen LogP contribution >= 0.6 is 0 Å². The molecule has 0 aromatic heterocycles. The van der Waals surface area contributed by atoms with Gasteiger partial charge in [0.15, 0.2) is 12.1 Å². The van der Waals surface area contributed by atoms with Crippen molar-refractivity contribution in [3.63, 3.8) is 0 Å². The van der Waals surface area contributed by atoms with Gasteiger partial charge in [-0.1, -0.05) is 81.4 Å². The Balaban J connectivity index is 1.62. The summed E-state index contributed by atoms with van der Waals surface area (Å²) in [6.45, 7) is 10.1. The summed E-state index contributed by atoms with van der Waals surface area (Å²) < 4.78 is 31.4. The van der Waals surface area contributed by atoms with Gasteiger partial charge in [0, 0.05) is 0 Å². The smallest absolute Gasteiger partial charge is 0.261 e. The molecule has 7 heteroatoms. The molecule has 3 saturated heterocycles. The van der Waals surface area contributed by atoms with Gasteiger partial charge < -0.3 is 28.5 Å². The van der Waals surface area contributed by atoms with E-state index in [1.807, 2.05) is 50.2 Å². The van der Waals surface area contributed by atoms with E-state index in [2.05, 4.69) is 51.0 Å². The minimum atomic E-state index is -3.04. The van der Waals surface area contributed by atoms with Crippen molar-refractivity contribution >= 4 is 18.7 Å². The molecule has 0 aliphatic carbocycles. The highest BCUT2D eigenvalue weighted by Crippen LogP contribution is 2.49. The van der Waals surface area contributed by atoms with Gasteiger partial charge in [-0.3, -0.25) is 0 Å². The molecule has 0 spiro atoms. The van der Waals surface area contributed by atoms with Gasteiger partial charge in [0.1, 0.15) is 24.4 Å². The van der Waals surface area contributed by atoms with Gasteiger partial charge in [0.2, 0.25) is 0 Å². The van der Waals surface area contributed by atoms with Crippen molar-refractivity contribution < 1.29 is 28.5 Å². The molecule has 6 atom stereocenters. The highest BCUT2D eigenvalue weighted by atomic mass is 28.4. The zero-order valence-corrected chi connectivity index (χ0v) is 21.2. The Morgan fingerprint density at radius 2 is 1.44 bits per heavy atom. The predicted molar refractivity (Wildman–Crippen MR) is 130 cm³/mol. The largest absolute Gasteiger partial charge is 0.395 e. The van der Waals surface area contributed by atoms with Crippen LogP contribution in [0.25, 0.3) is 0 Å². The molecule has 180 valence electrons. The number of benzene rings is 2. The second-order valence-electron chi connectivity index (χ2n) is 10.7. The Hall–Kier alpha value is -2.02. The average molecular weight is 481 g/mol. The molecule has 5 rings (SSSR count). The van der Waals surface area contributed by atoms with Crippen LogP contribution in [0.15, 0.2) is 60.7 Å². The summed E-state index contributed by atoms with van der Waals surface area (Å²) in [4.78, 5) is 0. The molecule has 3 fully saturated rings. The van der Waals surface area contributed by atoms with Gasteiger partial charge in [-0.05, 0) is 35.2 Å². The molecule has 3 heterocycles. The van der Waals surface area contributed by atoms with Crippen molar-refractivity contribution in [1.82, 2.24) is 0 Å². The minimum absolute atomic E-state index is 0.313. The second-order valence-corrected chi connectivity index (χ2v) is 14.9. The Labute approximate surface area is 202 Å². The quantitative estimate of drug-likeness (QED) is 0.536. The number of terminal acetylenes is 1. The maximum absolute atomic E-state index is 11.5. The summed E-state index contributed by atoms with van der Waals surface area (Å²) in [5, 5.41) is 13.3. The zero-order chi connectivity index (χ0) is 24.4. The van der Waals surface area contributed by atoms with Gasteiger partial charge in [0.05, 0.1) is 0 Å². The van der Waals surface area contributed by atoms with E-state index in [9.17, 15) is 5.11 Å². The molecular weight excluding hydrogens is 448 g/mol. The number of fused-ring (bicyclic) bond motifs is 3. The third-order valence-corrected chi connectivity index (χ3v) is 12.0. The fourth-order valence-corrected chi connectivity index (χ4v) is 10.2. The standard InChI is InChI=1S/C27H32O6Si/c1-7-27(28)23(21-20(31-27)22-24(29-21)32-26(5,6)30-22)33-34(25(2,3)4,18-14-10-8-11-15-18)19-16-12-9-13-17-19/h1,8-17,20-24,28H,2-6H3/t20-,21-,22+,23-,24+,27?/m0/s1. The summed E-state index contributed by atoms with van der Waals surface area (Å²) in [5.74, 6) is -0.329. The number of hydrogen-bond acceptors (Lipinski definition) is 6. The van der Waals surface area contributed by atoms with Crippen LogP contribution in [-0.4, -0.2) is 55.7 Å². The van der Waals surface area contributed by atoms with Gasteiger partial charge in [-0.2, -0.15) is 0 Å². The third kappa shape index (κ3) is 3.57. The SMILES string of the molecule is C#CC1(O)O[C@@H]2[C@H]3OC(C)(C)O[C@H]3O[C@@H]2[C@@H]1O[Si](c1ccccc1)(c1ccccc1)C(C)(C)C. The first-order chi connectivity index (χ1) is 16.0. The summed E-state index contributed by atoms with van der Waals surface area (Å²) in [5.41, 5.74) is 0. The van der Waals surface area contributed by atoms with Gasteiger partial charge >= 0.3 is 0 Å². The summed E-state index contributed by atoms with van der Waals surface area (Å²) in [7, 11) is -3.04. The predicted octanol–water partition coefficient (Wildman–Crippen LogP) is 2.53. The molecule has 3 aliphatic rings. The summed E-state index contributed by atoms with van der Waals surface area (Å²) >= 11 is 0. The number of hydrogen-bond donors (Lipinski definition) is 1. The van der Waals surface area contributed by atoms with E-state index < -0.39 is 50.6 Å². The fraction of sp³-hybridized carbons (Fsp3) is 0.481. The monoisotopic (exact) mass is 480 g/mol. The molecule has 2 aromatic rings. The van der Waals surface area contributed by atoms with E-state index in [0.717, 1.165) is 10.4 Å². The van der Waals surface area contributed by atoms with Crippen LogP contribution < -0.4 is 10.4 Å². The van der Waals surface area contributed by atoms with Gasteiger partial charge in [-0.15, -0.1) is 6.42 Å². The van der Waals surface area contributed by atoms with E-state index in [1.165, 1.54) is 0 Å². The van der Waals surface area contributed by atoms with Gasteiger partial charge in [-0.25, -0.2) is 0 Å². The number of aliphatic hydroxyl groups is 1. The van der Waals surface area contributed by atoms with Crippen molar-refractivity contribution in [3.05, 3.63) is 60.7 Å². The lowest BCUT2D eigenvalue weighted by molar-refractivity contribution is -0.214. The Morgan fingerprint density at radius 3 is 1.94 bits per heavy atom. The van der Waals surface area contributed by atoms with Crippen LogP contribution in [0.4, 0.5) is 0 Å². The normalized spacial score (nSPS) is 34.4. The lowest BCUT2D eigenvalue weighted by Gasteiger charge is -2.46. The Kier molecular flexibility index (Phi) is 5.58. The molecule has 0 saturated carbocycles. The van der Waals surface area contributed by atoms with Crippen molar-refractivity contribution in [2.24, 2.45) is 0 Å². The lowest BCUT2D eigenvalue weighted by atomic mass is 10.0. The van der Waals surface area contributed by atoms with Crippen molar-refractivity contribution in [2.75, 3.05) is 0 Å². The maximum Gasteiger partial charge on any atom is 0.261 e. The molecule has 1 unspecified atom stereocenters. The van der Waals surface area contributed by atoms with Crippen molar-refractivity contribution in [1.29, 1.82) is 0 Å². The van der Waals surface area contributed by atoms with Crippen LogP contribution in [0.5, 0.6) is 0 Å². The van der Waals surface area contributed by atoms with Crippen LogP contribution in [-0.2, 0) is 23.4 Å². The highest BCUT2D eigenvalue weighted by molar-refractivity contribution is 6.99. The summed E-state index contributed by atoms with van der Waals surface area (Å²) in [6.07, 6.45) is 2.53. The van der Waals surface area contributed by atoms with E-state index in [-0.39, 0.29) is 5.04 Å². The molecule has 34 heavy (non-hydrogen) atoms. The minimum Gasteiger partial charge on any atom is -0.395 e. The lowest BCUT2D eigenvalue weighted by Crippen LogP contribution is -2.70. The van der Waals surface area contributed by atoms with Crippen molar-refractivity contribution in [3.8, 4) is 12.3 Å². The zero-order valence-electron chi connectivity index (χ0n) is 20.2. The third-order valence-electron chi connectivity index (χ3n) is 6.95. The molecule has 1 N–H and O–H groups in total. The molecular formula is C27H32O6Si. The van der Waals surface area contributed by atoms with E-state index in [4.69, 9.17) is 29.8 Å². The molecule has 0 radical (unpaired) electrons. The first-order valence-electron chi connectivity index (χ1n) is 11.7. The first-order valence-corrected chi connectivity index (χ1v) is 13.6. The maximum atomic E-state index is 11.5. The first kappa shape index (κ1) is 23.7.